The van der Waals surface area contributed by atoms with Crippen LogP contribution < -0.4 is 0 Å². The Morgan fingerprint density at radius 3 is 2.31 bits per heavy atom. The first-order valence-corrected chi connectivity index (χ1v) is 5.41. The predicted molar refractivity (Wildman–Crippen MR) is 57.2 cm³/mol. The van der Waals surface area contributed by atoms with E-state index in [1.165, 1.54) is 12.1 Å². The monoisotopic (exact) mass is 227 g/mol. The first-order valence-electron chi connectivity index (χ1n) is 5.41. The maximum absolute atomic E-state index is 13.6. The molecule has 0 radical (unpaired) electrons. The molecule has 0 unspecified atom stereocenters. The lowest BCUT2D eigenvalue weighted by Crippen LogP contribution is -2.36. The summed E-state index contributed by atoms with van der Waals surface area (Å²) < 4.78 is 32.3. The lowest BCUT2D eigenvalue weighted by Gasteiger charge is -2.26. The van der Waals surface area contributed by atoms with Crippen LogP contribution in [0.3, 0.4) is 0 Å². The van der Waals surface area contributed by atoms with E-state index >= 15 is 0 Å². The number of hydrogen-bond acceptors (Lipinski definition) is 2. The van der Waals surface area contributed by atoms with Gasteiger partial charge in [-0.25, -0.2) is 8.78 Å². The lowest BCUT2D eigenvalue weighted by atomic mass is 10.1. The molecule has 4 heteroatoms. The van der Waals surface area contributed by atoms with Crippen molar-refractivity contribution in [2.24, 2.45) is 0 Å². The molecule has 1 aliphatic rings. The molecule has 0 aromatic heterocycles. The Balaban J connectivity index is 2.14. The minimum absolute atomic E-state index is 0.160. The van der Waals surface area contributed by atoms with Crippen LogP contribution in [0.2, 0.25) is 0 Å². The van der Waals surface area contributed by atoms with E-state index < -0.39 is 11.6 Å². The van der Waals surface area contributed by atoms with Gasteiger partial charge in [-0.2, -0.15) is 0 Å². The molecule has 0 bridgehead atoms. The van der Waals surface area contributed by atoms with Crippen molar-refractivity contribution in [2.45, 2.75) is 13.5 Å². The summed E-state index contributed by atoms with van der Waals surface area (Å²) in [5.41, 5.74) is 0.772. The highest BCUT2D eigenvalue weighted by Crippen LogP contribution is 2.17. The van der Waals surface area contributed by atoms with Gasteiger partial charge >= 0.3 is 0 Å². The van der Waals surface area contributed by atoms with E-state index in [1.807, 2.05) is 4.90 Å². The van der Waals surface area contributed by atoms with E-state index in [4.69, 9.17) is 4.74 Å². The number of benzene rings is 1. The van der Waals surface area contributed by atoms with Crippen LogP contribution in [0.5, 0.6) is 0 Å². The van der Waals surface area contributed by atoms with Gasteiger partial charge in [0.2, 0.25) is 0 Å². The molecule has 1 aromatic carbocycles. The summed E-state index contributed by atoms with van der Waals surface area (Å²) in [6.07, 6.45) is 0. The van der Waals surface area contributed by atoms with Gasteiger partial charge in [-0.05, 0) is 24.6 Å². The number of hydrogen-bond donors (Lipinski definition) is 0. The molecule has 1 aromatic rings. The van der Waals surface area contributed by atoms with Gasteiger partial charge < -0.3 is 4.74 Å². The molecule has 1 aliphatic heterocycles. The van der Waals surface area contributed by atoms with E-state index in [9.17, 15) is 8.78 Å². The summed E-state index contributed by atoms with van der Waals surface area (Å²) in [6, 6.07) is 2.75. The van der Waals surface area contributed by atoms with Crippen LogP contribution in [-0.4, -0.2) is 31.2 Å². The Bertz CT molecular complexity index is 352. The van der Waals surface area contributed by atoms with E-state index in [2.05, 4.69) is 0 Å². The SMILES string of the molecule is Cc1cc(F)c(CN2CCOCC2)c(F)c1. The van der Waals surface area contributed by atoms with Gasteiger partial charge in [-0.1, -0.05) is 0 Å². The second-order valence-corrected chi connectivity index (χ2v) is 4.10. The zero-order chi connectivity index (χ0) is 11.5. The Morgan fingerprint density at radius 1 is 1.19 bits per heavy atom. The minimum Gasteiger partial charge on any atom is -0.379 e. The molecule has 1 fully saturated rings. The van der Waals surface area contributed by atoms with Gasteiger partial charge in [0.1, 0.15) is 11.6 Å². The molecule has 2 rings (SSSR count). The van der Waals surface area contributed by atoms with Crippen LogP contribution in [0.15, 0.2) is 12.1 Å². The highest BCUT2D eigenvalue weighted by molar-refractivity contribution is 5.25. The fraction of sp³-hybridized carbons (Fsp3) is 0.500. The molecular formula is C12H15F2NO. The number of rotatable bonds is 2. The predicted octanol–water partition coefficient (Wildman–Crippen LogP) is 2.11. The van der Waals surface area contributed by atoms with E-state index in [0.717, 1.165) is 13.1 Å². The zero-order valence-corrected chi connectivity index (χ0v) is 9.30. The molecule has 1 saturated heterocycles. The Kier molecular flexibility index (Phi) is 3.51. The molecule has 0 amide bonds. The van der Waals surface area contributed by atoms with Crippen molar-refractivity contribution in [3.63, 3.8) is 0 Å². The van der Waals surface area contributed by atoms with Gasteiger partial charge in [0.05, 0.1) is 13.2 Å². The van der Waals surface area contributed by atoms with Crippen LogP contribution >= 0.6 is 0 Å². The average molecular weight is 227 g/mol. The summed E-state index contributed by atoms with van der Waals surface area (Å²) >= 11 is 0. The average Bonchev–Trinajstić information content (AvgIpc) is 2.25. The number of morpholine rings is 1. The van der Waals surface area contributed by atoms with Crippen LogP contribution in [0.25, 0.3) is 0 Å². The van der Waals surface area contributed by atoms with Crippen molar-refractivity contribution in [3.8, 4) is 0 Å². The van der Waals surface area contributed by atoms with Crippen molar-refractivity contribution >= 4 is 0 Å². The summed E-state index contributed by atoms with van der Waals surface area (Å²) in [5.74, 6) is -0.909. The molecule has 0 N–H and O–H groups in total. The lowest BCUT2D eigenvalue weighted by molar-refractivity contribution is 0.0332. The Hall–Kier alpha value is -1.00. The summed E-state index contributed by atoms with van der Waals surface area (Å²) in [6.45, 7) is 4.73. The third kappa shape index (κ3) is 2.57. The molecule has 0 aliphatic carbocycles. The second kappa shape index (κ2) is 4.89. The molecule has 2 nitrogen and oxygen atoms in total. The molecule has 88 valence electrons. The molecule has 16 heavy (non-hydrogen) atoms. The number of aryl methyl sites for hydroxylation is 1. The van der Waals surface area contributed by atoms with Crippen LogP contribution in [-0.2, 0) is 11.3 Å². The first kappa shape index (κ1) is 11.5. The highest BCUT2D eigenvalue weighted by atomic mass is 19.1. The van der Waals surface area contributed by atoms with Gasteiger partial charge in [0.25, 0.3) is 0 Å². The molecule has 0 saturated carbocycles. The third-order valence-electron chi connectivity index (χ3n) is 2.77. The van der Waals surface area contributed by atoms with E-state index in [0.29, 0.717) is 25.3 Å². The fourth-order valence-electron chi connectivity index (χ4n) is 1.86. The molecule has 0 spiro atoms. The van der Waals surface area contributed by atoms with Gasteiger partial charge in [-0.3, -0.25) is 4.90 Å². The quantitative estimate of drug-likeness (QED) is 0.767. The third-order valence-corrected chi connectivity index (χ3v) is 2.77. The van der Waals surface area contributed by atoms with Crippen molar-refractivity contribution in [1.29, 1.82) is 0 Å². The summed E-state index contributed by atoms with van der Waals surface area (Å²) in [7, 11) is 0. The number of ether oxygens (including phenoxy) is 1. The molecule has 1 heterocycles. The standard InChI is InChI=1S/C12H15F2NO/c1-9-6-11(13)10(12(14)7-9)8-15-2-4-16-5-3-15/h6-7H,2-5,8H2,1H3. The highest BCUT2D eigenvalue weighted by Gasteiger charge is 2.16. The van der Waals surface area contributed by atoms with E-state index in [-0.39, 0.29) is 5.56 Å². The largest absolute Gasteiger partial charge is 0.379 e. The van der Waals surface area contributed by atoms with Gasteiger partial charge in [0.15, 0.2) is 0 Å². The Labute approximate surface area is 93.8 Å². The van der Waals surface area contributed by atoms with Gasteiger partial charge in [-0.15, -0.1) is 0 Å². The van der Waals surface area contributed by atoms with Gasteiger partial charge in [0, 0.05) is 25.2 Å². The smallest absolute Gasteiger partial charge is 0.130 e. The molecule has 0 atom stereocenters. The maximum Gasteiger partial charge on any atom is 0.130 e. The van der Waals surface area contributed by atoms with Crippen molar-refractivity contribution in [1.82, 2.24) is 4.90 Å². The van der Waals surface area contributed by atoms with Crippen LogP contribution in [0.4, 0.5) is 8.78 Å². The van der Waals surface area contributed by atoms with Crippen LogP contribution in [0.1, 0.15) is 11.1 Å². The fourth-order valence-corrected chi connectivity index (χ4v) is 1.86. The minimum atomic E-state index is -0.455. The van der Waals surface area contributed by atoms with E-state index in [1.54, 1.807) is 6.92 Å². The van der Waals surface area contributed by atoms with Crippen molar-refractivity contribution in [2.75, 3.05) is 26.3 Å². The summed E-state index contributed by atoms with van der Waals surface area (Å²) in [5, 5.41) is 0. The number of nitrogens with zero attached hydrogens (tertiary/aromatic N) is 1. The van der Waals surface area contributed by atoms with Crippen molar-refractivity contribution in [3.05, 3.63) is 34.9 Å². The second-order valence-electron chi connectivity index (χ2n) is 4.10. The maximum atomic E-state index is 13.6. The number of halogens is 2. The first-order chi connectivity index (χ1) is 7.66. The zero-order valence-electron chi connectivity index (χ0n) is 9.30. The Morgan fingerprint density at radius 2 is 1.75 bits per heavy atom. The van der Waals surface area contributed by atoms with Crippen LogP contribution in [0, 0.1) is 18.6 Å². The normalized spacial score (nSPS) is 17.7. The topological polar surface area (TPSA) is 12.5 Å². The molecular weight excluding hydrogens is 212 g/mol. The summed E-state index contributed by atoms with van der Waals surface area (Å²) in [4.78, 5) is 2.00. The van der Waals surface area contributed by atoms with Crippen molar-refractivity contribution < 1.29 is 13.5 Å².